The van der Waals surface area contributed by atoms with Crippen molar-refractivity contribution in [2.24, 2.45) is 10.9 Å². The van der Waals surface area contributed by atoms with E-state index in [2.05, 4.69) is 10.3 Å². The molecule has 1 amide bonds. The van der Waals surface area contributed by atoms with Gasteiger partial charge in [0, 0.05) is 37.3 Å². The molecule has 0 radical (unpaired) electrons. The summed E-state index contributed by atoms with van der Waals surface area (Å²) in [5.74, 6) is -0.0699. The van der Waals surface area contributed by atoms with Crippen LogP contribution in [0.25, 0.3) is 0 Å². The molecule has 2 atom stereocenters. The Kier molecular flexibility index (Phi) is 6.36. The number of carbonyl (C=O) groups excluding carboxylic acids is 2. The van der Waals surface area contributed by atoms with Crippen molar-refractivity contribution in [3.63, 3.8) is 0 Å². The topological polar surface area (TPSA) is 83.9 Å². The molecule has 2 aliphatic rings. The summed E-state index contributed by atoms with van der Waals surface area (Å²) in [5, 5.41) is 5.50. The number of aromatic nitrogens is 1. The number of amidine groups is 1. The SMILES string of the molecule is CCOC(=O)C1=C2C[C@H](CNC(C)=O)CN2C(c2nccs2)=N[C@H]1c1ccc(F)cc1C. The summed E-state index contributed by atoms with van der Waals surface area (Å²) in [4.78, 5) is 36.0. The van der Waals surface area contributed by atoms with E-state index in [0.717, 1.165) is 16.3 Å². The molecule has 1 aromatic heterocycles. The van der Waals surface area contributed by atoms with Crippen LogP contribution in [-0.4, -0.2) is 47.3 Å². The van der Waals surface area contributed by atoms with E-state index < -0.39 is 12.0 Å². The Labute approximate surface area is 190 Å². The van der Waals surface area contributed by atoms with Crippen LogP contribution in [0.5, 0.6) is 0 Å². The van der Waals surface area contributed by atoms with Crippen LogP contribution < -0.4 is 5.32 Å². The van der Waals surface area contributed by atoms with E-state index in [1.807, 2.05) is 17.2 Å². The summed E-state index contributed by atoms with van der Waals surface area (Å²) >= 11 is 1.47. The van der Waals surface area contributed by atoms with Gasteiger partial charge in [-0.15, -0.1) is 11.3 Å². The fourth-order valence-electron chi connectivity index (χ4n) is 4.24. The second-order valence-corrected chi connectivity index (χ2v) is 8.79. The third-order valence-electron chi connectivity index (χ3n) is 5.63. The number of nitrogens with one attached hydrogen (secondary N) is 1. The Balaban J connectivity index is 1.84. The summed E-state index contributed by atoms with van der Waals surface area (Å²) in [6.45, 7) is 6.40. The largest absolute Gasteiger partial charge is 0.463 e. The van der Waals surface area contributed by atoms with E-state index in [1.165, 1.54) is 30.4 Å². The van der Waals surface area contributed by atoms with Gasteiger partial charge in [0.25, 0.3) is 0 Å². The molecule has 1 aromatic carbocycles. The first-order valence-corrected chi connectivity index (χ1v) is 11.4. The average molecular weight is 457 g/mol. The number of halogens is 1. The van der Waals surface area contributed by atoms with Gasteiger partial charge >= 0.3 is 5.97 Å². The van der Waals surface area contributed by atoms with Crippen molar-refractivity contribution >= 4 is 29.0 Å². The Hall–Kier alpha value is -3.07. The molecule has 32 heavy (non-hydrogen) atoms. The van der Waals surface area contributed by atoms with E-state index >= 15 is 0 Å². The van der Waals surface area contributed by atoms with Crippen LogP contribution in [-0.2, 0) is 14.3 Å². The molecule has 2 aliphatic heterocycles. The van der Waals surface area contributed by atoms with Crippen molar-refractivity contribution in [1.82, 2.24) is 15.2 Å². The minimum Gasteiger partial charge on any atom is -0.463 e. The lowest BCUT2D eigenvalue weighted by Gasteiger charge is -2.32. The number of allylic oxidation sites excluding steroid dienone is 1. The van der Waals surface area contributed by atoms with Gasteiger partial charge in [-0.05, 0) is 49.4 Å². The van der Waals surface area contributed by atoms with E-state index in [9.17, 15) is 14.0 Å². The summed E-state index contributed by atoms with van der Waals surface area (Å²) < 4.78 is 19.2. The monoisotopic (exact) mass is 456 g/mol. The van der Waals surface area contributed by atoms with Gasteiger partial charge in [-0.25, -0.2) is 14.2 Å². The molecule has 1 saturated heterocycles. The molecule has 3 heterocycles. The molecule has 0 spiro atoms. The molecule has 0 unspecified atom stereocenters. The van der Waals surface area contributed by atoms with Crippen LogP contribution in [0.4, 0.5) is 4.39 Å². The summed E-state index contributed by atoms with van der Waals surface area (Å²) in [7, 11) is 0. The van der Waals surface area contributed by atoms with Crippen LogP contribution in [0, 0.1) is 18.7 Å². The number of hydrogen-bond acceptors (Lipinski definition) is 7. The van der Waals surface area contributed by atoms with E-state index in [1.54, 1.807) is 19.2 Å². The Morgan fingerprint density at radius 2 is 2.19 bits per heavy atom. The number of ether oxygens (including phenoxy) is 1. The van der Waals surface area contributed by atoms with Gasteiger partial charge in [0.1, 0.15) is 11.9 Å². The van der Waals surface area contributed by atoms with E-state index in [4.69, 9.17) is 9.73 Å². The first-order valence-electron chi connectivity index (χ1n) is 10.5. The number of nitrogens with zero attached hydrogens (tertiary/aromatic N) is 3. The normalized spacial score (nSPS) is 20.1. The summed E-state index contributed by atoms with van der Waals surface area (Å²) in [6.07, 6.45) is 2.31. The van der Waals surface area contributed by atoms with E-state index in [0.29, 0.717) is 36.5 Å². The lowest BCUT2D eigenvalue weighted by atomic mass is 9.91. The molecular formula is C23H25FN4O3S. The first-order chi connectivity index (χ1) is 15.4. The Bertz CT molecular complexity index is 1100. The molecule has 7 nitrogen and oxygen atoms in total. The zero-order valence-electron chi connectivity index (χ0n) is 18.2. The van der Waals surface area contributed by atoms with Crippen molar-refractivity contribution < 1.29 is 18.7 Å². The minimum absolute atomic E-state index is 0.0944. The number of esters is 1. The van der Waals surface area contributed by atoms with Gasteiger partial charge in [0.15, 0.2) is 10.8 Å². The predicted octanol–water partition coefficient (Wildman–Crippen LogP) is 3.37. The van der Waals surface area contributed by atoms with Crippen molar-refractivity contribution in [3.05, 3.63) is 63.0 Å². The molecule has 9 heteroatoms. The third kappa shape index (κ3) is 4.29. The number of hydrogen-bond donors (Lipinski definition) is 1. The highest BCUT2D eigenvalue weighted by atomic mass is 32.1. The van der Waals surface area contributed by atoms with Crippen LogP contribution >= 0.6 is 11.3 Å². The smallest absolute Gasteiger partial charge is 0.338 e. The zero-order valence-corrected chi connectivity index (χ0v) is 19.0. The van der Waals surface area contributed by atoms with Gasteiger partial charge in [-0.1, -0.05) is 6.07 Å². The molecule has 2 aromatic rings. The first kappa shape index (κ1) is 22.1. The average Bonchev–Trinajstić information content (AvgIpc) is 3.41. The Morgan fingerprint density at radius 3 is 2.84 bits per heavy atom. The lowest BCUT2D eigenvalue weighted by molar-refractivity contribution is -0.139. The fraction of sp³-hybridized carbons (Fsp3) is 0.391. The van der Waals surface area contributed by atoms with Gasteiger partial charge in [0.05, 0.1) is 12.2 Å². The summed E-state index contributed by atoms with van der Waals surface area (Å²) in [5.41, 5.74) is 2.75. The quantitative estimate of drug-likeness (QED) is 0.674. The highest BCUT2D eigenvalue weighted by Gasteiger charge is 2.42. The lowest BCUT2D eigenvalue weighted by Crippen LogP contribution is -2.36. The number of aryl methyl sites for hydroxylation is 1. The maximum atomic E-state index is 13.8. The fourth-order valence-corrected chi connectivity index (χ4v) is 4.88. The standard InChI is InChI=1S/C23H25FN4O3S/c1-4-31-23(30)19-18-10-15(11-26-14(3)29)12-28(18)21(22-25-7-8-32-22)27-20(19)17-6-5-16(24)9-13(17)2/h5-9,15,20H,4,10-12H2,1-3H3,(H,26,29)/t15-,20+/m1/s1. The second kappa shape index (κ2) is 9.20. The van der Waals surface area contributed by atoms with Crippen molar-refractivity contribution in [2.75, 3.05) is 19.7 Å². The molecule has 1 N–H and O–H groups in total. The van der Waals surface area contributed by atoms with Gasteiger partial charge in [-0.2, -0.15) is 0 Å². The van der Waals surface area contributed by atoms with Crippen molar-refractivity contribution in [2.45, 2.75) is 33.2 Å². The van der Waals surface area contributed by atoms with Crippen LogP contribution in [0.2, 0.25) is 0 Å². The number of benzene rings is 1. The molecular weight excluding hydrogens is 431 g/mol. The van der Waals surface area contributed by atoms with Gasteiger partial charge < -0.3 is 15.0 Å². The number of amides is 1. The Morgan fingerprint density at radius 1 is 1.38 bits per heavy atom. The third-order valence-corrected chi connectivity index (χ3v) is 6.39. The second-order valence-electron chi connectivity index (χ2n) is 7.89. The summed E-state index contributed by atoms with van der Waals surface area (Å²) in [6, 6.07) is 3.88. The van der Waals surface area contributed by atoms with Gasteiger partial charge in [-0.3, -0.25) is 9.79 Å². The zero-order chi connectivity index (χ0) is 22.8. The molecule has 1 fully saturated rings. The number of thiazole rings is 1. The van der Waals surface area contributed by atoms with Gasteiger partial charge in [0.2, 0.25) is 5.91 Å². The van der Waals surface area contributed by atoms with Crippen molar-refractivity contribution in [3.8, 4) is 0 Å². The molecule has 0 saturated carbocycles. The molecule has 0 bridgehead atoms. The van der Waals surface area contributed by atoms with Crippen LogP contribution in [0.3, 0.4) is 0 Å². The van der Waals surface area contributed by atoms with Crippen LogP contribution in [0.15, 0.2) is 46.0 Å². The van der Waals surface area contributed by atoms with Crippen LogP contribution in [0.1, 0.15) is 42.4 Å². The number of fused-ring (bicyclic) bond motifs is 1. The predicted molar refractivity (Wildman–Crippen MR) is 120 cm³/mol. The molecule has 168 valence electrons. The maximum absolute atomic E-state index is 13.8. The number of rotatable bonds is 6. The van der Waals surface area contributed by atoms with E-state index in [-0.39, 0.29) is 24.2 Å². The minimum atomic E-state index is -0.626. The number of carbonyl (C=O) groups is 2. The molecule has 0 aliphatic carbocycles. The van der Waals surface area contributed by atoms with Crippen molar-refractivity contribution in [1.29, 1.82) is 0 Å². The molecule has 4 rings (SSSR count). The maximum Gasteiger partial charge on any atom is 0.338 e. The highest BCUT2D eigenvalue weighted by Crippen LogP contribution is 2.42. The number of aliphatic imine (C=N–C) groups is 1. The highest BCUT2D eigenvalue weighted by molar-refractivity contribution is 7.11.